The molecule has 15 heavy (non-hydrogen) atoms. The number of amides is 1. The molecule has 1 amide bonds. The summed E-state index contributed by atoms with van der Waals surface area (Å²) in [6, 6.07) is 3.80. The van der Waals surface area contributed by atoms with E-state index in [2.05, 4.69) is 4.98 Å². The molecule has 0 bridgehead atoms. The number of rotatable bonds is 2. The van der Waals surface area contributed by atoms with Gasteiger partial charge in [0.05, 0.1) is 5.02 Å². The number of halogens is 1. The predicted octanol–water partition coefficient (Wildman–Crippen LogP) is 2.07. The van der Waals surface area contributed by atoms with Gasteiger partial charge in [-0.15, -0.1) is 0 Å². The van der Waals surface area contributed by atoms with Gasteiger partial charge >= 0.3 is 0 Å². The van der Waals surface area contributed by atoms with Crippen molar-refractivity contribution in [2.75, 3.05) is 13.1 Å². The second-order valence-electron chi connectivity index (χ2n) is 3.84. The summed E-state index contributed by atoms with van der Waals surface area (Å²) in [5, 5.41) is 0.654. The van der Waals surface area contributed by atoms with Crippen LogP contribution in [0.2, 0.25) is 5.02 Å². The Balaban J connectivity index is 2.09. The molecule has 2 rings (SSSR count). The van der Waals surface area contributed by atoms with Crippen molar-refractivity contribution in [3.63, 3.8) is 0 Å². The Hall–Kier alpha value is -1.09. The predicted molar refractivity (Wildman–Crippen MR) is 58.9 cm³/mol. The van der Waals surface area contributed by atoms with E-state index < -0.39 is 0 Å². The highest BCUT2D eigenvalue weighted by Gasteiger charge is 2.20. The summed E-state index contributed by atoms with van der Waals surface area (Å²) < 4.78 is 0. The zero-order valence-corrected chi connectivity index (χ0v) is 9.15. The maximum absolute atomic E-state index is 10.7. The van der Waals surface area contributed by atoms with Gasteiger partial charge in [-0.25, -0.2) is 0 Å². The first-order valence-corrected chi connectivity index (χ1v) is 5.48. The molecule has 0 unspecified atom stereocenters. The highest BCUT2D eigenvalue weighted by Crippen LogP contribution is 2.25. The van der Waals surface area contributed by atoms with Crippen LogP contribution in [0.25, 0.3) is 0 Å². The second kappa shape index (κ2) is 4.62. The highest BCUT2D eigenvalue weighted by atomic mass is 35.5. The average molecular weight is 225 g/mol. The molecule has 1 aliphatic rings. The van der Waals surface area contributed by atoms with Crippen molar-refractivity contribution in [2.24, 2.45) is 0 Å². The van der Waals surface area contributed by atoms with Crippen LogP contribution in [-0.4, -0.2) is 29.4 Å². The lowest BCUT2D eigenvalue weighted by molar-refractivity contribution is -0.119. The number of piperidine rings is 1. The topological polar surface area (TPSA) is 33.2 Å². The normalized spacial score (nSPS) is 21.4. The molecule has 0 saturated carbocycles. The van der Waals surface area contributed by atoms with Crippen LogP contribution < -0.4 is 0 Å². The minimum atomic E-state index is 0.362. The number of hydrogen-bond donors (Lipinski definition) is 0. The maximum atomic E-state index is 10.7. The van der Waals surface area contributed by atoms with Crippen LogP contribution in [0.15, 0.2) is 18.3 Å². The molecule has 4 heteroatoms. The Morgan fingerprint density at radius 1 is 1.53 bits per heavy atom. The lowest BCUT2D eigenvalue weighted by Gasteiger charge is -2.29. The van der Waals surface area contributed by atoms with Crippen LogP contribution in [0, 0.1) is 0 Å². The Morgan fingerprint density at radius 3 is 3.07 bits per heavy atom. The zero-order valence-electron chi connectivity index (χ0n) is 8.40. The van der Waals surface area contributed by atoms with Crippen molar-refractivity contribution in [1.29, 1.82) is 0 Å². The Morgan fingerprint density at radius 2 is 2.40 bits per heavy atom. The zero-order chi connectivity index (χ0) is 10.7. The van der Waals surface area contributed by atoms with Crippen LogP contribution in [0.3, 0.4) is 0 Å². The molecule has 1 aliphatic heterocycles. The SMILES string of the molecule is O=CN1CCC[C@H](c2ccc(Cl)cn2)C1. The first-order valence-electron chi connectivity index (χ1n) is 5.10. The van der Waals surface area contributed by atoms with Crippen molar-refractivity contribution in [3.05, 3.63) is 29.0 Å². The molecular formula is C11H13ClN2O. The highest BCUT2D eigenvalue weighted by molar-refractivity contribution is 6.30. The fourth-order valence-electron chi connectivity index (χ4n) is 1.97. The average Bonchev–Trinajstić information content (AvgIpc) is 2.30. The minimum absolute atomic E-state index is 0.362. The van der Waals surface area contributed by atoms with Crippen molar-refractivity contribution in [1.82, 2.24) is 9.88 Å². The molecule has 1 atom stereocenters. The molecule has 0 spiro atoms. The molecular weight excluding hydrogens is 212 g/mol. The first-order chi connectivity index (χ1) is 7.29. The van der Waals surface area contributed by atoms with Gasteiger partial charge in [-0.2, -0.15) is 0 Å². The number of carbonyl (C=O) groups excluding carboxylic acids is 1. The smallest absolute Gasteiger partial charge is 0.209 e. The van der Waals surface area contributed by atoms with Crippen molar-refractivity contribution in [2.45, 2.75) is 18.8 Å². The maximum Gasteiger partial charge on any atom is 0.209 e. The second-order valence-corrected chi connectivity index (χ2v) is 4.28. The molecule has 0 radical (unpaired) electrons. The van der Waals surface area contributed by atoms with Gasteiger partial charge in [-0.05, 0) is 25.0 Å². The van der Waals surface area contributed by atoms with Gasteiger partial charge in [0.15, 0.2) is 0 Å². The summed E-state index contributed by atoms with van der Waals surface area (Å²) in [7, 11) is 0. The number of hydrogen-bond acceptors (Lipinski definition) is 2. The summed E-state index contributed by atoms with van der Waals surface area (Å²) in [6.07, 6.45) is 4.73. The Bertz CT molecular complexity index is 339. The summed E-state index contributed by atoms with van der Waals surface area (Å²) in [4.78, 5) is 16.8. The third-order valence-corrected chi connectivity index (χ3v) is 2.99. The lowest BCUT2D eigenvalue weighted by Crippen LogP contribution is -2.33. The van der Waals surface area contributed by atoms with Crippen LogP contribution in [0.4, 0.5) is 0 Å². The molecule has 1 aromatic rings. The van der Waals surface area contributed by atoms with E-state index in [1.54, 1.807) is 6.20 Å². The molecule has 3 nitrogen and oxygen atoms in total. The van der Waals surface area contributed by atoms with Crippen LogP contribution >= 0.6 is 11.6 Å². The van der Waals surface area contributed by atoms with E-state index in [1.165, 1.54) is 0 Å². The molecule has 0 aliphatic carbocycles. The quantitative estimate of drug-likeness (QED) is 0.721. The molecule has 80 valence electrons. The van der Waals surface area contributed by atoms with E-state index >= 15 is 0 Å². The van der Waals surface area contributed by atoms with E-state index in [0.29, 0.717) is 10.9 Å². The number of nitrogens with zero attached hydrogens (tertiary/aromatic N) is 2. The van der Waals surface area contributed by atoms with Gasteiger partial charge in [0.25, 0.3) is 0 Å². The van der Waals surface area contributed by atoms with Crippen molar-refractivity contribution >= 4 is 18.0 Å². The minimum Gasteiger partial charge on any atom is -0.345 e. The van der Waals surface area contributed by atoms with E-state index in [9.17, 15) is 4.79 Å². The fraction of sp³-hybridized carbons (Fsp3) is 0.455. The van der Waals surface area contributed by atoms with E-state index in [0.717, 1.165) is 38.0 Å². The van der Waals surface area contributed by atoms with E-state index in [1.807, 2.05) is 17.0 Å². The number of pyridine rings is 1. The third-order valence-electron chi connectivity index (χ3n) is 2.77. The van der Waals surface area contributed by atoms with Crippen LogP contribution in [-0.2, 0) is 4.79 Å². The van der Waals surface area contributed by atoms with Gasteiger partial charge in [-0.3, -0.25) is 9.78 Å². The largest absolute Gasteiger partial charge is 0.345 e. The summed E-state index contributed by atoms with van der Waals surface area (Å²) in [5.74, 6) is 0.362. The summed E-state index contributed by atoms with van der Waals surface area (Å²) in [6.45, 7) is 1.64. The standard InChI is InChI=1S/C11H13ClN2O/c12-10-3-4-11(13-6-10)9-2-1-5-14(7-9)8-15/h3-4,6,8-9H,1-2,5,7H2/t9-/m0/s1. The molecule has 0 N–H and O–H groups in total. The molecule has 0 aromatic carbocycles. The van der Waals surface area contributed by atoms with Gasteiger partial charge in [-0.1, -0.05) is 11.6 Å². The van der Waals surface area contributed by atoms with Crippen LogP contribution in [0.5, 0.6) is 0 Å². The monoisotopic (exact) mass is 224 g/mol. The Labute approximate surface area is 94.1 Å². The van der Waals surface area contributed by atoms with Gasteiger partial charge in [0.1, 0.15) is 0 Å². The van der Waals surface area contributed by atoms with Crippen molar-refractivity contribution < 1.29 is 4.79 Å². The number of likely N-dealkylation sites (tertiary alicyclic amines) is 1. The lowest BCUT2D eigenvalue weighted by atomic mass is 9.95. The van der Waals surface area contributed by atoms with Gasteiger partial charge in [0, 0.05) is 30.9 Å². The Kier molecular flexibility index (Phi) is 3.21. The fourth-order valence-corrected chi connectivity index (χ4v) is 2.08. The van der Waals surface area contributed by atoms with E-state index in [4.69, 9.17) is 11.6 Å². The van der Waals surface area contributed by atoms with Crippen molar-refractivity contribution in [3.8, 4) is 0 Å². The molecule has 1 aromatic heterocycles. The molecule has 2 heterocycles. The summed E-state index contributed by atoms with van der Waals surface area (Å²) in [5.41, 5.74) is 1.03. The van der Waals surface area contributed by atoms with Gasteiger partial charge in [0.2, 0.25) is 6.41 Å². The molecule has 1 fully saturated rings. The first kappa shape index (κ1) is 10.4. The third kappa shape index (κ3) is 2.48. The van der Waals surface area contributed by atoms with Gasteiger partial charge < -0.3 is 4.90 Å². The number of aromatic nitrogens is 1. The molecule has 1 saturated heterocycles. The number of carbonyl (C=O) groups is 1. The summed E-state index contributed by atoms with van der Waals surface area (Å²) >= 11 is 5.78. The van der Waals surface area contributed by atoms with Crippen LogP contribution in [0.1, 0.15) is 24.5 Å². The van der Waals surface area contributed by atoms with E-state index in [-0.39, 0.29) is 0 Å².